The number of carbonyl (C=O) groups is 1. The number of nitrogens with zero attached hydrogens (tertiary/aromatic N) is 1. The third-order valence-electron chi connectivity index (χ3n) is 3.59. The third-order valence-corrected chi connectivity index (χ3v) is 3.59. The Morgan fingerprint density at radius 2 is 1.76 bits per heavy atom. The number of benzene rings is 1. The molecule has 0 aliphatic carbocycles. The van der Waals surface area contributed by atoms with Crippen LogP contribution in [0.2, 0.25) is 0 Å². The standard InChI is InChI=1S/C19H32N4O2/c1-6-15(16-10-8-7-9-11-16)14-23-17(20-5)21-12-13-22-18(24)25-19(2,3)4/h7-11,15H,6,12-14H2,1-5H3,(H,22,24)(H2,20,21,23). The first-order chi connectivity index (χ1) is 11.9. The van der Waals surface area contributed by atoms with Gasteiger partial charge < -0.3 is 20.7 Å². The number of aliphatic imine (C=N–C) groups is 1. The average Bonchev–Trinajstić information content (AvgIpc) is 2.56. The maximum Gasteiger partial charge on any atom is 0.407 e. The molecule has 0 radical (unpaired) electrons. The molecule has 1 unspecified atom stereocenters. The molecule has 25 heavy (non-hydrogen) atoms. The normalized spacial score (nSPS) is 13.1. The lowest BCUT2D eigenvalue weighted by Gasteiger charge is -2.20. The highest BCUT2D eigenvalue weighted by atomic mass is 16.6. The number of alkyl carbamates (subject to hydrolysis) is 1. The summed E-state index contributed by atoms with van der Waals surface area (Å²) in [6, 6.07) is 10.5. The molecule has 0 spiro atoms. The van der Waals surface area contributed by atoms with E-state index in [2.05, 4.69) is 52.1 Å². The monoisotopic (exact) mass is 348 g/mol. The first-order valence-corrected chi connectivity index (χ1v) is 8.82. The zero-order valence-electron chi connectivity index (χ0n) is 16.1. The molecule has 0 aliphatic rings. The van der Waals surface area contributed by atoms with Gasteiger partial charge in [0.25, 0.3) is 0 Å². The van der Waals surface area contributed by atoms with Gasteiger partial charge in [-0.3, -0.25) is 4.99 Å². The molecule has 1 atom stereocenters. The van der Waals surface area contributed by atoms with Crippen molar-refractivity contribution < 1.29 is 9.53 Å². The van der Waals surface area contributed by atoms with E-state index in [1.807, 2.05) is 26.8 Å². The highest BCUT2D eigenvalue weighted by Crippen LogP contribution is 2.17. The van der Waals surface area contributed by atoms with Gasteiger partial charge in [-0.1, -0.05) is 37.3 Å². The van der Waals surface area contributed by atoms with Crippen molar-refractivity contribution in [2.75, 3.05) is 26.7 Å². The first kappa shape index (κ1) is 20.8. The lowest BCUT2D eigenvalue weighted by molar-refractivity contribution is 0.0529. The molecule has 1 rings (SSSR count). The summed E-state index contributed by atoms with van der Waals surface area (Å²) < 4.78 is 5.19. The molecule has 0 saturated carbocycles. The summed E-state index contributed by atoms with van der Waals surface area (Å²) in [6.07, 6.45) is 0.640. The van der Waals surface area contributed by atoms with E-state index in [9.17, 15) is 4.79 Å². The largest absolute Gasteiger partial charge is 0.444 e. The fraction of sp³-hybridized carbons (Fsp3) is 0.579. The Hall–Kier alpha value is -2.24. The zero-order chi connectivity index (χ0) is 18.7. The van der Waals surface area contributed by atoms with Crippen molar-refractivity contribution in [1.29, 1.82) is 0 Å². The van der Waals surface area contributed by atoms with Crippen LogP contribution in [0.15, 0.2) is 35.3 Å². The summed E-state index contributed by atoms with van der Waals surface area (Å²) in [5.41, 5.74) is 0.835. The lowest BCUT2D eigenvalue weighted by atomic mass is 9.97. The fourth-order valence-electron chi connectivity index (χ4n) is 2.32. The van der Waals surface area contributed by atoms with Crippen LogP contribution in [0.1, 0.15) is 45.6 Å². The zero-order valence-corrected chi connectivity index (χ0v) is 16.1. The minimum Gasteiger partial charge on any atom is -0.444 e. The van der Waals surface area contributed by atoms with Gasteiger partial charge in [0.15, 0.2) is 5.96 Å². The van der Waals surface area contributed by atoms with Gasteiger partial charge in [-0.15, -0.1) is 0 Å². The third kappa shape index (κ3) is 8.98. The van der Waals surface area contributed by atoms with Gasteiger partial charge in [0.2, 0.25) is 0 Å². The quantitative estimate of drug-likeness (QED) is 0.402. The second kappa shape index (κ2) is 10.6. The van der Waals surface area contributed by atoms with Crippen LogP contribution in [0.25, 0.3) is 0 Å². The molecule has 1 aromatic rings. The molecule has 0 aliphatic heterocycles. The van der Waals surface area contributed by atoms with Gasteiger partial charge in [0, 0.05) is 32.6 Å². The summed E-state index contributed by atoms with van der Waals surface area (Å²) in [4.78, 5) is 15.8. The fourth-order valence-corrected chi connectivity index (χ4v) is 2.32. The van der Waals surface area contributed by atoms with E-state index in [4.69, 9.17) is 4.74 Å². The van der Waals surface area contributed by atoms with Crippen LogP contribution < -0.4 is 16.0 Å². The molecule has 0 aromatic heterocycles. The molecule has 0 saturated heterocycles. The van der Waals surface area contributed by atoms with E-state index in [1.54, 1.807) is 7.05 Å². The van der Waals surface area contributed by atoms with E-state index in [0.717, 1.165) is 18.9 Å². The molecule has 3 N–H and O–H groups in total. The van der Waals surface area contributed by atoms with Gasteiger partial charge in [-0.25, -0.2) is 4.79 Å². The maximum absolute atomic E-state index is 11.6. The summed E-state index contributed by atoms with van der Waals surface area (Å²) in [5, 5.41) is 9.24. The Balaban J connectivity index is 2.32. The molecule has 140 valence electrons. The van der Waals surface area contributed by atoms with Crippen LogP contribution in [0.4, 0.5) is 4.79 Å². The number of nitrogens with one attached hydrogen (secondary N) is 3. The number of ether oxygens (including phenoxy) is 1. The van der Waals surface area contributed by atoms with E-state index in [-0.39, 0.29) is 0 Å². The van der Waals surface area contributed by atoms with Crippen molar-refractivity contribution in [1.82, 2.24) is 16.0 Å². The van der Waals surface area contributed by atoms with E-state index in [1.165, 1.54) is 5.56 Å². The molecule has 0 heterocycles. The van der Waals surface area contributed by atoms with Crippen LogP contribution in [0, 0.1) is 0 Å². The van der Waals surface area contributed by atoms with Crippen molar-refractivity contribution >= 4 is 12.1 Å². The van der Waals surface area contributed by atoms with Crippen molar-refractivity contribution in [3.63, 3.8) is 0 Å². The molecular formula is C19H32N4O2. The molecular weight excluding hydrogens is 316 g/mol. The summed E-state index contributed by atoms with van der Waals surface area (Å²) in [5.74, 6) is 1.15. The molecule has 6 nitrogen and oxygen atoms in total. The second-order valence-electron chi connectivity index (χ2n) is 6.82. The van der Waals surface area contributed by atoms with Crippen molar-refractivity contribution in [2.45, 2.75) is 45.6 Å². The first-order valence-electron chi connectivity index (χ1n) is 8.82. The van der Waals surface area contributed by atoms with Gasteiger partial charge in [-0.05, 0) is 32.8 Å². The second-order valence-corrected chi connectivity index (χ2v) is 6.82. The number of guanidine groups is 1. The molecule has 1 aromatic carbocycles. The average molecular weight is 348 g/mol. The van der Waals surface area contributed by atoms with Gasteiger partial charge >= 0.3 is 6.09 Å². The Kier molecular flexibility index (Phi) is 8.81. The number of hydrogen-bond acceptors (Lipinski definition) is 3. The predicted octanol–water partition coefficient (Wildman–Crippen LogP) is 2.87. The van der Waals surface area contributed by atoms with E-state index in [0.29, 0.717) is 19.0 Å². The number of amides is 1. The summed E-state index contributed by atoms with van der Waals surface area (Å²) in [7, 11) is 1.74. The van der Waals surface area contributed by atoms with E-state index < -0.39 is 11.7 Å². The Morgan fingerprint density at radius 3 is 2.32 bits per heavy atom. The topological polar surface area (TPSA) is 74.8 Å². The maximum atomic E-state index is 11.6. The van der Waals surface area contributed by atoms with Gasteiger partial charge in [0.1, 0.15) is 5.60 Å². The van der Waals surface area contributed by atoms with Crippen molar-refractivity contribution in [3.05, 3.63) is 35.9 Å². The highest BCUT2D eigenvalue weighted by Gasteiger charge is 2.15. The number of rotatable bonds is 7. The Labute approximate surface area is 151 Å². The van der Waals surface area contributed by atoms with Crippen LogP contribution in [-0.4, -0.2) is 44.3 Å². The SMILES string of the molecule is CCC(CNC(=NC)NCCNC(=O)OC(C)(C)C)c1ccccc1. The summed E-state index contributed by atoms with van der Waals surface area (Å²) >= 11 is 0. The van der Waals surface area contributed by atoms with Crippen molar-refractivity contribution in [3.8, 4) is 0 Å². The van der Waals surface area contributed by atoms with Crippen LogP contribution in [0.3, 0.4) is 0 Å². The summed E-state index contributed by atoms with van der Waals surface area (Å²) in [6.45, 7) is 9.54. The van der Waals surface area contributed by atoms with Crippen LogP contribution in [0.5, 0.6) is 0 Å². The molecule has 6 heteroatoms. The van der Waals surface area contributed by atoms with Crippen LogP contribution >= 0.6 is 0 Å². The highest BCUT2D eigenvalue weighted by molar-refractivity contribution is 5.79. The Morgan fingerprint density at radius 1 is 1.12 bits per heavy atom. The predicted molar refractivity (Wildman–Crippen MR) is 103 cm³/mol. The lowest BCUT2D eigenvalue weighted by Crippen LogP contribution is -2.43. The van der Waals surface area contributed by atoms with E-state index >= 15 is 0 Å². The van der Waals surface area contributed by atoms with Gasteiger partial charge in [0.05, 0.1) is 0 Å². The minimum absolute atomic E-state index is 0.410. The molecule has 0 bridgehead atoms. The smallest absolute Gasteiger partial charge is 0.407 e. The van der Waals surface area contributed by atoms with Crippen LogP contribution in [-0.2, 0) is 4.74 Å². The number of carbonyl (C=O) groups excluding carboxylic acids is 1. The minimum atomic E-state index is -0.484. The molecule has 0 fully saturated rings. The molecule has 1 amide bonds. The number of hydrogen-bond donors (Lipinski definition) is 3. The van der Waals surface area contributed by atoms with Gasteiger partial charge in [-0.2, -0.15) is 0 Å². The van der Waals surface area contributed by atoms with Crippen molar-refractivity contribution in [2.24, 2.45) is 4.99 Å². The Bertz CT molecular complexity index is 538.